The molecule has 2 heterocycles. The van der Waals surface area contributed by atoms with E-state index in [1.807, 2.05) is 43.3 Å². The van der Waals surface area contributed by atoms with Gasteiger partial charge < -0.3 is 14.3 Å². The third-order valence-corrected chi connectivity index (χ3v) is 4.90. The molecule has 1 aliphatic heterocycles. The van der Waals surface area contributed by atoms with E-state index in [1.165, 1.54) is 5.56 Å². The van der Waals surface area contributed by atoms with Crippen LogP contribution in [0.25, 0.3) is 0 Å². The molecule has 132 valence electrons. The molecule has 0 spiro atoms. The van der Waals surface area contributed by atoms with Gasteiger partial charge in [-0.3, -0.25) is 4.79 Å². The van der Waals surface area contributed by atoms with Crippen LogP contribution < -0.4 is 0 Å². The molecule has 0 N–H and O–H groups in total. The molecule has 25 heavy (non-hydrogen) atoms. The average molecular weight is 340 g/mol. The van der Waals surface area contributed by atoms with Crippen LogP contribution >= 0.6 is 0 Å². The minimum atomic E-state index is -0.0646. The Hall–Kier alpha value is -2.21. The summed E-state index contributed by atoms with van der Waals surface area (Å²) >= 11 is 0. The fourth-order valence-corrected chi connectivity index (χ4v) is 3.44. The Kier molecular flexibility index (Phi) is 4.29. The van der Waals surface area contributed by atoms with Crippen LogP contribution in [-0.4, -0.2) is 46.5 Å². The summed E-state index contributed by atoms with van der Waals surface area (Å²) in [6.07, 6.45) is 4.14. The third kappa shape index (κ3) is 3.44. The van der Waals surface area contributed by atoms with Crippen LogP contribution in [0.4, 0.5) is 0 Å². The second-order valence-corrected chi connectivity index (χ2v) is 7.36. The lowest BCUT2D eigenvalue weighted by atomic mass is 10.1. The highest BCUT2D eigenvalue weighted by atomic mass is 16.5. The Bertz CT molecular complexity index is 749. The largest absolute Gasteiger partial charge is 0.339 e. The fraction of sp³-hybridized carbons (Fsp3) is 0.526. The van der Waals surface area contributed by atoms with Crippen LogP contribution in [0.3, 0.4) is 0 Å². The van der Waals surface area contributed by atoms with Crippen molar-refractivity contribution >= 4 is 5.91 Å². The maximum atomic E-state index is 12.9. The van der Waals surface area contributed by atoms with Crippen LogP contribution in [-0.2, 0) is 6.54 Å². The molecule has 0 unspecified atom stereocenters. The first-order valence-corrected chi connectivity index (χ1v) is 9.00. The molecule has 1 aromatic carbocycles. The van der Waals surface area contributed by atoms with Crippen LogP contribution in [0.1, 0.15) is 65.3 Å². The van der Waals surface area contributed by atoms with Crippen molar-refractivity contribution < 1.29 is 9.32 Å². The van der Waals surface area contributed by atoms with E-state index in [0.717, 1.165) is 50.2 Å². The Morgan fingerprint density at radius 3 is 2.68 bits per heavy atom. The monoisotopic (exact) mass is 340 g/mol. The zero-order chi connectivity index (χ0) is 17.4. The zero-order valence-electron chi connectivity index (χ0n) is 14.8. The lowest BCUT2D eigenvalue weighted by Crippen LogP contribution is -2.31. The second kappa shape index (κ2) is 6.59. The van der Waals surface area contributed by atoms with Gasteiger partial charge in [-0.05, 0) is 57.5 Å². The molecule has 0 radical (unpaired) electrons. The molecule has 1 aromatic heterocycles. The number of hydrogen-bond acceptors (Lipinski definition) is 5. The van der Waals surface area contributed by atoms with E-state index in [9.17, 15) is 4.79 Å². The standard InChI is InChI=1S/C19H24N4O2/c1-22(2)12-13-5-7-15(8-6-13)19(24)23-11-3-4-16(23)17-20-18(25-21-17)14-9-10-14/h5-8,14,16H,3-4,9-12H2,1-2H3/t16-/m1/s1. The Morgan fingerprint density at radius 2 is 2.00 bits per heavy atom. The van der Waals surface area contributed by atoms with Gasteiger partial charge in [0.25, 0.3) is 5.91 Å². The number of aromatic nitrogens is 2. The van der Waals surface area contributed by atoms with Gasteiger partial charge in [-0.15, -0.1) is 0 Å². The van der Waals surface area contributed by atoms with E-state index in [1.54, 1.807) is 0 Å². The van der Waals surface area contributed by atoms with Crippen molar-refractivity contribution in [1.82, 2.24) is 19.9 Å². The molecule has 1 atom stereocenters. The summed E-state index contributed by atoms with van der Waals surface area (Å²) < 4.78 is 5.38. The first-order chi connectivity index (χ1) is 12.1. The average Bonchev–Trinajstić information content (AvgIpc) is 3.13. The normalized spacial score (nSPS) is 20.4. The minimum absolute atomic E-state index is 0.0525. The van der Waals surface area contributed by atoms with Crippen LogP contribution in [0.2, 0.25) is 0 Å². The van der Waals surface area contributed by atoms with Crippen molar-refractivity contribution in [3.05, 3.63) is 47.1 Å². The lowest BCUT2D eigenvalue weighted by Gasteiger charge is -2.22. The SMILES string of the molecule is CN(C)Cc1ccc(C(=O)N2CCC[C@@H]2c2noc(C3CC3)n2)cc1. The molecule has 2 fully saturated rings. The van der Waals surface area contributed by atoms with Gasteiger partial charge in [-0.2, -0.15) is 4.98 Å². The number of nitrogens with zero attached hydrogens (tertiary/aromatic N) is 4. The van der Waals surface area contributed by atoms with Crippen LogP contribution in [0.15, 0.2) is 28.8 Å². The van der Waals surface area contributed by atoms with E-state index in [2.05, 4.69) is 15.0 Å². The number of hydrogen-bond donors (Lipinski definition) is 0. The van der Waals surface area contributed by atoms with Gasteiger partial charge in [0.1, 0.15) is 0 Å². The summed E-state index contributed by atoms with van der Waals surface area (Å²) in [5.41, 5.74) is 1.92. The number of amides is 1. The number of carbonyl (C=O) groups excluding carboxylic acids is 1. The van der Waals surface area contributed by atoms with Gasteiger partial charge in [0.2, 0.25) is 5.89 Å². The molecular formula is C19H24N4O2. The predicted octanol–water partition coefficient (Wildman–Crippen LogP) is 2.99. The highest BCUT2D eigenvalue weighted by molar-refractivity contribution is 5.94. The summed E-state index contributed by atoms with van der Waals surface area (Å²) in [5.74, 6) is 1.90. The maximum Gasteiger partial charge on any atom is 0.254 e. The quantitative estimate of drug-likeness (QED) is 0.837. The summed E-state index contributed by atoms with van der Waals surface area (Å²) in [6, 6.07) is 7.82. The van der Waals surface area contributed by atoms with Gasteiger partial charge in [0, 0.05) is 24.6 Å². The number of rotatable bonds is 5. The molecule has 1 saturated carbocycles. The molecule has 0 bridgehead atoms. The van der Waals surface area contributed by atoms with Crippen molar-refractivity contribution in [2.75, 3.05) is 20.6 Å². The summed E-state index contributed by atoms with van der Waals surface area (Å²) in [4.78, 5) is 21.5. The van der Waals surface area contributed by atoms with Gasteiger partial charge in [0.15, 0.2) is 5.82 Å². The molecule has 2 aromatic rings. The zero-order valence-corrected chi connectivity index (χ0v) is 14.8. The summed E-state index contributed by atoms with van der Waals surface area (Å²) in [6.45, 7) is 1.61. The van der Waals surface area contributed by atoms with Gasteiger partial charge in [0.05, 0.1) is 6.04 Å². The fourth-order valence-electron chi connectivity index (χ4n) is 3.44. The predicted molar refractivity (Wildman–Crippen MR) is 93.1 cm³/mol. The molecular weight excluding hydrogens is 316 g/mol. The maximum absolute atomic E-state index is 12.9. The van der Waals surface area contributed by atoms with Crippen LogP contribution in [0, 0.1) is 0 Å². The highest BCUT2D eigenvalue weighted by Crippen LogP contribution is 2.40. The topological polar surface area (TPSA) is 62.5 Å². The van der Waals surface area contributed by atoms with Gasteiger partial charge in [-0.25, -0.2) is 0 Å². The van der Waals surface area contributed by atoms with E-state index in [0.29, 0.717) is 11.7 Å². The molecule has 6 heteroatoms. The van der Waals surface area contributed by atoms with E-state index < -0.39 is 0 Å². The summed E-state index contributed by atoms with van der Waals surface area (Å²) in [7, 11) is 4.07. The number of likely N-dealkylation sites (tertiary alicyclic amines) is 1. The molecule has 1 amide bonds. The van der Waals surface area contributed by atoms with Gasteiger partial charge in [-0.1, -0.05) is 17.3 Å². The Labute approximate surface area is 147 Å². The Morgan fingerprint density at radius 1 is 1.24 bits per heavy atom. The number of benzene rings is 1. The first-order valence-electron chi connectivity index (χ1n) is 9.00. The van der Waals surface area contributed by atoms with Crippen molar-refractivity contribution in [3.63, 3.8) is 0 Å². The molecule has 1 aliphatic carbocycles. The molecule has 6 nitrogen and oxygen atoms in total. The minimum Gasteiger partial charge on any atom is -0.339 e. The van der Waals surface area contributed by atoms with E-state index >= 15 is 0 Å². The second-order valence-electron chi connectivity index (χ2n) is 7.36. The van der Waals surface area contributed by atoms with Gasteiger partial charge >= 0.3 is 0 Å². The highest BCUT2D eigenvalue weighted by Gasteiger charge is 2.36. The lowest BCUT2D eigenvalue weighted by molar-refractivity contribution is 0.0728. The Balaban J connectivity index is 1.49. The molecule has 4 rings (SSSR count). The summed E-state index contributed by atoms with van der Waals surface area (Å²) in [5, 5.41) is 4.15. The van der Waals surface area contributed by atoms with Crippen molar-refractivity contribution in [2.45, 2.75) is 44.2 Å². The van der Waals surface area contributed by atoms with Crippen molar-refractivity contribution in [2.24, 2.45) is 0 Å². The first kappa shape index (κ1) is 16.3. The van der Waals surface area contributed by atoms with Crippen molar-refractivity contribution in [3.8, 4) is 0 Å². The van der Waals surface area contributed by atoms with Crippen LogP contribution in [0.5, 0.6) is 0 Å². The molecule has 1 saturated heterocycles. The van der Waals surface area contributed by atoms with Crippen molar-refractivity contribution in [1.29, 1.82) is 0 Å². The van der Waals surface area contributed by atoms with E-state index in [4.69, 9.17) is 4.52 Å². The smallest absolute Gasteiger partial charge is 0.254 e. The number of carbonyl (C=O) groups is 1. The van der Waals surface area contributed by atoms with E-state index in [-0.39, 0.29) is 11.9 Å². The third-order valence-electron chi connectivity index (χ3n) is 4.90. The molecule has 2 aliphatic rings.